The van der Waals surface area contributed by atoms with E-state index in [-0.39, 0.29) is 122 Å². The second-order valence-corrected chi connectivity index (χ2v) is 29.4. The molecule has 2 rings (SSSR count). The third kappa shape index (κ3) is 47.7. The molecule has 0 spiro atoms. The van der Waals surface area contributed by atoms with Gasteiger partial charge >= 0.3 is 62.2 Å². The van der Waals surface area contributed by atoms with E-state index in [1.165, 1.54) is 38.1 Å². The third-order valence-electron chi connectivity index (χ3n) is 16.5. The summed E-state index contributed by atoms with van der Waals surface area (Å²) in [5.74, 6) is -12.4. The first kappa shape index (κ1) is 112. The van der Waals surface area contributed by atoms with Gasteiger partial charge in [-0.25, -0.2) is 4.67 Å². The Morgan fingerprint density at radius 1 is 0.532 bits per heavy atom. The SMILES string of the molecule is CC(=O)NC(OC(C)=O)C(OCCOCCNC(=O)C(CCC(=O)N(CC(=O)NCCOCCOC(OC(COC(C)=O)C(C)OC(C)=O)C(NC=O)OC(C)=O)CC(=O)NCCOCCOC1OC(COC(C)=O)C(OC(C)=O)C(OC(C)=O)C1NC(C)=O)NC(=O)c1ccc(OP(OCCC#N)N(C(C)C)C(C)C)cc1)OC(COC(C)=O)C(C)OC(C)=O. The Balaban J connectivity index is 2.58. The van der Waals surface area contributed by atoms with Gasteiger partial charge in [-0.1, -0.05) is 0 Å². The van der Waals surface area contributed by atoms with Crippen LogP contribution in [0.5, 0.6) is 5.75 Å². The summed E-state index contributed by atoms with van der Waals surface area (Å²) in [6.07, 6.45) is -17.6. The fourth-order valence-electron chi connectivity index (χ4n) is 11.3. The van der Waals surface area contributed by atoms with Gasteiger partial charge in [-0.3, -0.25) is 81.5 Å². The number of nitrogens with zero attached hydrogens (tertiary/aromatic N) is 3. The van der Waals surface area contributed by atoms with Gasteiger partial charge in [-0.15, -0.1) is 0 Å². The van der Waals surface area contributed by atoms with E-state index < -0.39 is 235 Å². The minimum absolute atomic E-state index is 0.00392. The van der Waals surface area contributed by atoms with Gasteiger partial charge in [-0.2, -0.15) is 5.26 Å². The lowest BCUT2D eigenvalue weighted by Crippen LogP contribution is -2.66. The highest BCUT2D eigenvalue weighted by molar-refractivity contribution is 7.45. The molecule has 1 aromatic rings. The second-order valence-electron chi connectivity index (χ2n) is 28.0. The van der Waals surface area contributed by atoms with E-state index in [0.29, 0.717) is 0 Å². The highest BCUT2D eigenvalue weighted by Crippen LogP contribution is 2.46. The van der Waals surface area contributed by atoms with Crippen molar-refractivity contribution in [1.82, 2.24) is 46.8 Å². The predicted octanol–water partition coefficient (Wildman–Crippen LogP) is -0.735. The number of carbonyl (C=O) groups is 17. The van der Waals surface area contributed by atoms with Crippen LogP contribution < -0.4 is 41.7 Å². The molecule has 1 saturated heterocycles. The first-order valence-corrected chi connectivity index (χ1v) is 41.2. The highest BCUT2D eigenvalue weighted by atomic mass is 31.2. The number of amides is 8. The molecular weight excluding hydrogens is 1700 g/mol. The molecule has 0 saturated carbocycles. The Morgan fingerprint density at radius 2 is 1.01 bits per heavy atom. The van der Waals surface area contributed by atoms with Crippen LogP contribution in [0.3, 0.4) is 0 Å². The Bertz CT molecular complexity index is 3670. The maximum absolute atomic E-state index is 14.6. The molecule has 47 nitrogen and oxygen atoms in total. The van der Waals surface area contributed by atoms with Crippen molar-refractivity contribution in [3.05, 3.63) is 29.8 Å². The fraction of sp³-hybridized carbons (Fsp3) is 0.692. The number of benzene rings is 1. The molecule has 1 aliphatic rings. The molecule has 15 unspecified atom stereocenters. The molecule has 15 atom stereocenters. The Morgan fingerprint density at radius 3 is 1.46 bits per heavy atom. The lowest BCUT2D eigenvalue weighted by atomic mass is 9.96. The topological polar surface area (TPSA) is 589 Å². The Labute approximate surface area is 730 Å². The summed E-state index contributed by atoms with van der Waals surface area (Å²) >= 11 is 0. The minimum atomic E-state index is -1.78. The molecule has 1 heterocycles. The predicted molar refractivity (Wildman–Crippen MR) is 430 cm³/mol. The van der Waals surface area contributed by atoms with Crippen molar-refractivity contribution in [2.75, 3.05) is 119 Å². The van der Waals surface area contributed by atoms with E-state index in [9.17, 15) is 86.8 Å². The molecule has 0 aromatic heterocycles. The van der Waals surface area contributed by atoms with Gasteiger partial charge in [0.1, 0.15) is 81.3 Å². The van der Waals surface area contributed by atoms with Crippen molar-refractivity contribution in [2.24, 2.45) is 0 Å². The molecule has 0 bridgehead atoms. The standard InChI is InChI=1S/C78H121N10O37P/c1-45(2)88(46(3)4)126(115-29-18-25-79)125-61-21-19-60(20-22-61)72(104)86-62(73(105)82-28-32-108-35-38-111-78(75(85-50(8)91)121-59(17)100)123-64(42-113-52(10)93)48(6)117-55(13)96)23-24-68(103)87(40-67(102)81-27-31-107-34-37-110-77(74(83-44-89)120-58(16)99)122-63(41-112-51(9)92)47(5)116-54(12)95)39-66(101)80-26-30-106-33-36-109-76-69(84-49(7)90)71(119-57(15)98)70(118-56(14)97)65(124-76)43-114-53(11)94/h19-22,44-48,62-65,69-71,74-78H,18,23-24,26-43H2,1-17H3,(H,80,101)(H,81,102)(H,82,105)(H,83,89)(H,84,90)(H,85,91)(H,86,104). The van der Waals surface area contributed by atoms with Gasteiger partial charge in [0, 0.05) is 120 Å². The second kappa shape index (κ2) is 61.8. The van der Waals surface area contributed by atoms with Gasteiger partial charge in [-0.05, 0) is 72.2 Å². The van der Waals surface area contributed by atoms with Crippen LogP contribution in [0.1, 0.15) is 147 Å². The molecule has 1 aliphatic heterocycles. The van der Waals surface area contributed by atoms with E-state index >= 15 is 0 Å². The molecule has 0 radical (unpaired) electrons. The number of nitrogens with one attached hydrogen (secondary N) is 7. The van der Waals surface area contributed by atoms with Crippen molar-refractivity contribution < 1.29 is 176 Å². The van der Waals surface area contributed by atoms with Gasteiger partial charge in [0.05, 0.1) is 78.6 Å². The average Bonchev–Trinajstić information content (AvgIpc) is 0.783. The summed E-state index contributed by atoms with van der Waals surface area (Å²) < 4.78 is 114. The van der Waals surface area contributed by atoms with Crippen LogP contribution in [0.4, 0.5) is 0 Å². The van der Waals surface area contributed by atoms with Crippen LogP contribution in [-0.2, 0) is 166 Å². The summed E-state index contributed by atoms with van der Waals surface area (Å²) in [7, 11) is -1.78. The molecule has 48 heteroatoms. The lowest BCUT2D eigenvalue weighted by molar-refractivity contribution is -0.279. The molecule has 1 aromatic carbocycles. The number of ether oxygens (including phenoxy) is 18. The summed E-state index contributed by atoms with van der Waals surface area (Å²) in [4.78, 5) is 216. The van der Waals surface area contributed by atoms with Crippen LogP contribution in [0.15, 0.2) is 24.3 Å². The number of hydrogen-bond donors (Lipinski definition) is 7. The normalized spacial score (nSPS) is 17.1. The maximum atomic E-state index is 14.6. The maximum Gasteiger partial charge on any atom is 0.321 e. The largest absolute Gasteiger partial charge is 0.463 e. The Hall–Kier alpha value is -10.5. The minimum Gasteiger partial charge on any atom is -0.463 e. The highest BCUT2D eigenvalue weighted by Gasteiger charge is 2.52. The molecule has 1 fully saturated rings. The number of esters is 9. The van der Waals surface area contributed by atoms with Gasteiger partial charge in [0.15, 0.2) is 18.5 Å². The van der Waals surface area contributed by atoms with E-state index in [2.05, 4.69) is 37.2 Å². The van der Waals surface area contributed by atoms with Gasteiger partial charge in [0.2, 0.25) is 66.9 Å². The van der Waals surface area contributed by atoms with Crippen molar-refractivity contribution in [2.45, 2.75) is 235 Å². The van der Waals surface area contributed by atoms with E-state index in [1.54, 1.807) is 0 Å². The zero-order chi connectivity index (χ0) is 94.5. The van der Waals surface area contributed by atoms with Crippen LogP contribution in [0.2, 0.25) is 0 Å². The average molecular weight is 1820 g/mol. The summed E-state index contributed by atoms with van der Waals surface area (Å²) in [6, 6.07) is 4.82. The van der Waals surface area contributed by atoms with Crippen LogP contribution in [-0.4, -0.2) is 328 Å². The van der Waals surface area contributed by atoms with Gasteiger partial charge < -0.3 is 136 Å². The monoisotopic (exact) mass is 1820 g/mol. The third-order valence-corrected chi connectivity index (χ3v) is 18.5. The number of hydrogen-bond acceptors (Lipinski definition) is 39. The first-order chi connectivity index (χ1) is 59.5. The van der Waals surface area contributed by atoms with Crippen LogP contribution in [0.25, 0.3) is 0 Å². The van der Waals surface area contributed by atoms with Crippen molar-refractivity contribution in [3.8, 4) is 11.8 Å². The lowest BCUT2D eigenvalue weighted by Gasteiger charge is -2.44. The molecule has 7 N–H and O–H groups in total. The summed E-state index contributed by atoms with van der Waals surface area (Å²) in [6.45, 7) is 16.4. The zero-order valence-electron chi connectivity index (χ0n) is 73.9. The Kier molecular flexibility index (Phi) is 54.7. The smallest absolute Gasteiger partial charge is 0.321 e. The molecular formula is C78H121N10O37P. The molecule has 126 heavy (non-hydrogen) atoms. The fourth-order valence-corrected chi connectivity index (χ4v) is 12.9. The van der Waals surface area contributed by atoms with Crippen molar-refractivity contribution >= 4 is 110 Å². The van der Waals surface area contributed by atoms with Gasteiger partial charge in [0.25, 0.3) is 5.91 Å². The number of rotatable bonds is 63. The van der Waals surface area contributed by atoms with Crippen molar-refractivity contribution in [1.29, 1.82) is 5.26 Å². The van der Waals surface area contributed by atoms with E-state index in [1.807, 2.05) is 38.4 Å². The summed E-state index contributed by atoms with van der Waals surface area (Å²) in [5.41, 5.74) is 0.00392. The van der Waals surface area contributed by atoms with E-state index in [4.69, 9.17) is 94.3 Å². The van der Waals surface area contributed by atoms with Crippen molar-refractivity contribution in [3.63, 3.8) is 0 Å². The first-order valence-electron chi connectivity index (χ1n) is 40.0. The zero-order valence-corrected chi connectivity index (χ0v) is 74.8. The summed E-state index contributed by atoms with van der Waals surface area (Å²) in [5, 5.41) is 26.9. The van der Waals surface area contributed by atoms with Crippen LogP contribution in [0, 0.1) is 11.3 Å². The molecule has 0 aliphatic carbocycles. The molecule has 710 valence electrons. The molecule has 8 amide bonds. The number of carbonyl (C=O) groups excluding carboxylic acids is 17. The quantitative estimate of drug-likeness (QED) is 0.0105. The number of nitriles is 1. The van der Waals surface area contributed by atoms with Crippen LogP contribution >= 0.6 is 8.53 Å². The van der Waals surface area contributed by atoms with E-state index in [0.717, 1.165) is 81.1 Å².